The molecule has 0 bridgehead atoms. The highest BCUT2D eigenvalue weighted by Crippen LogP contribution is 2.37. The van der Waals surface area contributed by atoms with Gasteiger partial charge in [-0.1, -0.05) is 35.6 Å². The lowest BCUT2D eigenvalue weighted by Gasteiger charge is -2.25. The first-order chi connectivity index (χ1) is 24.6. The average molecular weight is 824 g/mol. The number of nitriles is 1. The highest BCUT2D eigenvalue weighted by Gasteiger charge is 2.34. The van der Waals surface area contributed by atoms with Gasteiger partial charge in [-0.15, -0.1) is 0 Å². The topological polar surface area (TPSA) is 148 Å². The van der Waals surface area contributed by atoms with Gasteiger partial charge in [0, 0.05) is 14.7 Å². The summed E-state index contributed by atoms with van der Waals surface area (Å²) in [6, 6.07) is 17.1. The Kier molecular flexibility index (Phi) is 12.2. The summed E-state index contributed by atoms with van der Waals surface area (Å²) in [6.45, 7) is 5.36. The van der Waals surface area contributed by atoms with Crippen molar-refractivity contribution in [3.05, 3.63) is 111 Å². The van der Waals surface area contributed by atoms with Crippen molar-refractivity contribution in [1.29, 1.82) is 5.26 Å². The van der Waals surface area contributed by atoms with Crippen molar-refractivity contribution in [3.63, 3.8) is 0 Å². The van der Waals surface area contributed by atoms with E-state index < -0.39 is 23.5 Å². The number of fused-ring (bicyclic) bond motifs is 1. The fourth-order valence-electron chi connectivity index (χ4n) is 5.43. The van der Waals surface area contributed by atoms with Crippen LogP contribution in [0.4, 0.5) is 0 Å². The van der Waals surface area contributed by atoms with Crippen LogP contribution in [0.15, 0.2) is 75.7 Å². The predicted molar refractivity (Wildman–Crippen MR) is 197 cm³/mol. The van der Waals surface area contributed by atoms with E-state index in [1.54, 1.807) is 57.2 Å². The summed E-state index contributed by atoms with van der Waals surface area (Å²) < 4.78 is 36.2. The Labute approximate surface area is 311 Å². The summed E-state index contributed by atoms with van der Waals surface area (Å²) in [4.78, 5) is 44.7. The Bertz CT molecular complexity index is 2240. The zero-order valence-corrected chi connectivity index (χ0v) is 31.5. The van der Waals surface area contributed by atoms with Gasteiger partial charge in [-0.2, -0.15) is 5.26 Å². The Balaban J connectivity index is 1.66. The first-order valence-corrected chi connectivity index (χ1v) is 17.7. The molecule has 0 saturated heterocycles. The molecule has 0 radical (unpaired) electrons. The van der Waals surface area contributed by atoms with E-state index in [4.69, 9.17) is 28.4 Å². The fourth-order valence-corrected chi connectivity index (χ4v) is 7.09. The molecule has 0 spiro atoms. The van der Waals surface area contributed by atoms with Crippen LogP contribution in [-0.2, 0) is 25.7 Å². The van der Waals surface area contributed by atoms with E-state index in [1.165, 1.54) is 18.8 Å². The van der Waals surface area contributed by atoms with E-state index in [0.29, 0.717) is 54.5 Å². The molecule has 1 atom stereocenters. The number of methoxy groups -OCH3 is 2. The third kappa shape index (κ3) is 8.10. The van der Waals surface area contributed by atoms with Gasteiger partial charge in [-0.25, -0.2) is 14.6 Å². The molecule has 0 N–H and O–H groups in total. The van der Waals surface area contributed by atoms with Crippen LogP contribution < -0.4 is 33.8 Å². The van der Waals surface area contributed by atoms with Crippen LogP contribution in [0.3, 0.4) is 0 Å². The number of hydrogen-bond donors (Lipinski definition) is 0. The number of rotatable bonds is 13. The molecule has 51 heavy (non-hydrogen) atoms. The Morgan fingerprint density at radius 1 is 1.02 bits per heavy atom. The number of ether oxygens (including phenoxy) is 6. The van der Waals surface area contributed by atoms with Gasteiger partial charge in [-0.05, 0) is 85.3 Å². The second-order valence-corrected chi connectivity index (χ2v) is 13.1. The van der Waals surface area contributed by atoms with E-state index in [0.717, 1.165) is 14.9 Å². The summed E-state index contributed by atoms with van der Waals surface area (Å²) in [5, 5.41) is 9.58. The molecule has 5 rings (SSSR count). The number of halogens is 1. The van der Waals surface area contributed by atoms with Crippen molar-refractivity contribution >= 4 is 51.9 Å². The van der Waals surface area contributed by atoms with Gasteiger partial charge in [0.1, 0.15) is 6.61 Å². The van der Waals surface area contributed by atoms with Crippen LogP contribution in [0.2, 0.25) is 0 Å². The smallest absolute Gasteiger partial charge is 0.343 e. The SMILES string of the molecule is CCOC(=O)C1=C(C)N=c2s/c(=C/c3cc(I)cc(OC)c3OCc3ccccc3C#N)c(=O)n2[C@@H]1c1ccc(OCC(=O)OC)c(OCC)c1. The van der Waals surface area contributed by atoms with E-state index in [2.05, 4.69) is 33.7 Å². The molecule has 1 aliphatic rings. The summed E-state index contributed by atoms with van der Waals surface area (Å²) in [5.41, 5.74) is 2.47. The van der Waals surface area contributed by atoms with Gasteiger partial charge in [0.05, 0.1) is 60.9 Å². The van der Waals surface area contributed by atoms with Gasteiger partial charge in [-0.3, -0.25) is 9.36 Å². The van der Waals surface area contributed by atoms with Gasteiger partial charge in [0.15, 0.2) is 34.4 Å². The molecule has 2 heterocycles. The van der Waals surface area contributed by atoms with Crippen LogP contribution in [0, 0.1) is 14.9 Å². The van der Waals surface area contributed by atoms with Crippen LogP contribution in [0.25, 0.3) is 6.08 Å². The van der Waals surface area contributed by atoms with Crippen LogP contribution in [-0.4, -0.2) is 50.5 Å². The molecule has 4 aromatic rings. The lowest BCUT2D eigenvalue weighted by Crippen LogP contribution is -2.40. The molecule has 0 aliphatic carbocycles. The Hall–Kier alpha value is -5.14. The van der Waals surface area contributed by atoms with Crippen molar-refractivity contribution in [2.24, 2.45) is 4.99 Å². The normalized spacial score (nSPS) is 13.8. The van der Waals surface area contributed by atoms with Crippen molar-refractivity contribution in [2.75, 3.05) is 34.0 Å². The molecule has 0 amide bonds. The summed E-state index contributed by atoms with van der Waals surface area (Å²) in [7, 11) is 2.79. The number of allylic oxidation sites excluding steroid dienone is 1. The number of carbonyl (C=O) groups excluding carboxylic acids is 2. The van der Waals surface area contributed by atoms with E-state index in [-0.39, 0.29) is 37.8 Å². The molecule has 264 valence electrons. The number of carbonyl (C=O) groups is 2. The number of esters is 2. The zero-order valence-electron chi connectivity index (χ0n) is 28.5. The lowest BCUT2D eigenvalue weighted by atomic mass is 9.95. The maximum absolute atomic E-state index is 14.4. The van der Waals surface area contributed by atoms with Crippen molar-refractivity contribution in [1.82, 2.24) is 4.57 Å². The summed E-state index contributed by atoms with van der Waals surface area (Å²) in [5.74, 6) is 0.256. The third-order valence-electron chi connectivity index (χ3n) is 7.74. The maximum atomic E-state index is 14.4. The second-order valence-electron chi connectivity index (χ2n) is 10.9. The molecular weight excluding hydrogens is 789 g/mol. The van der Waals surface area contributed by atoms with E-state index in [9.17, 15) is 19.6 Å². The van der Waals surface area contributed by atoms with E-state index in [1.807, 2.05) is 24.3 Å². The summed E-state index contributed by atoms with van der Waals surface area (Å²) in [6.07, 6.45) is 1.70. The standard InChI is InChI=1S/C37H34IN3O9S/c1-6-47-28-15-22(12-13-27(28)49-20-31(42)46-5)33-32(36(44)48-7-2)21(3)40-37-41(33)35(43)30(51-37)16-25-14-26(38)17-29(45-4)34(25)50-19-24-11-9-8-10-23(24)18-39/h8-17,33H,6-7,19-20H2,1-5H3/b30-16+/t33-/m1/s1. The molecule has 1 aromatic heterocycles. The number of hydrogen-bond acceptors (Lipinski definition) is 12. The fraction of sp³-hybridized carbons (Fsp3) is 0.270. The van der Waals surface area contributed by atoms with Crippen molar-refractivity contribution < 1.29 is 38.0 Å². The average Bonchev–Trinajstić information content (AvgIpc) is 3.43. The minimum atomic E-state index is -0.931. The Morgan fingerprint density at radius 3 is 2.51 bits per heavy atom. The highest BCUT2D eigenvalue weighted by atomic mass is 127. The quantitative estimate of drug-likeness (QED) is 0.136. The van der Waals surface area contributed by atoms with Crippen LogP contribution in [0.1, 0.15) is 49.1 Å². The van der Waals surface area contributed by atoms with Gasteiger partial charge >= 0.3 is 11.9 Å². The number of thiazole rings is 1. The number of nitrogens with zero attached hydrogens (tertiary/aromatic N) is 3. The van der Waals surface area contributed by atoms with Gasteiger partial charge < -0.3 is 28.4 Å². The lowest BCUT2D eigenvalue weighted by molar-refractivity contribution is -0.143. The first-order valence-electron chi connectivity index (χ1n) is 15.8. The van der Waals surface area contributed by atoms with Crippen molar-refractivity contribution in [3.8, 4) is 29.1 Å². The molecule has 12 nitrogen and oxygen atoms in total. The molecule has 0 unspecified atom stereocenters. The number of aromatic nitrogens is 1. The molecule has 14 heteroatoms. The minimum Gasteiger partial charge on any atom is -0.493 e. The third-order valence-corrected chi connectivity index (χ3v) is 9.34. The van der Waals surface area contributed by atoms with Gasteiger partial charge in [0.2, 0.25) is 0 Å². The van der Waals surface area contributed by atoms with E-state index >= 15 is 0 Å². The molecule has 3 aromatic carbocycles. The maximum Gasteiger partial charge on any atom is 0.343 e. The molecule has 0 fully saturated rings. The zero-order chi connectivity index (χ0) is 36.7. The molecular formula is C37H34IN3O9S. The highest BCUT2D eigenvalue weighted by molar-refractivity contribution is 14.1. The minimum absolute atomic E-state index is 0.0897. The van der Waals surface area contributed by atoms with Crippen molar-refractivity contribution in [2.45, 2.75) is 33.4 Å². The van der Waals surface area contributed by atoms with Crippen LogP contribution in [0.5, 0.6) is 23.0 Å². The second kappa shape index (κ2) is 16.7. The first kappa shape index (κ1) is 37.1. The number of benzene rings is 3. The van der Waals surface area contributed by atoms with Crippen LogP contribution >= 0.6 is 33.9 Å². The largest absolute Gasteiger partial charge is 0.493 e. The predicted octanol–water partition coefficient (Wildman–Crippen LogP) is 4.81. The molecule has 0 saturated carbocycles. The summed E-state index contributed by atoms with van der Waals surface area (Å²) >= 11 is 3.32. The van der Waals surface area contributed by atoms with Gasteiger partial charge in [0.25, 0.3) is 5.56 Å². The Morgan fingerprint density at radius 2 is 1.80 bits per heavy atom. The monoisotopic (exact) mass is 823 g/mol. The molecule has 1 aliphatic heterocycles.